The molecule has 0 fully saturated rings. The number of fused-ring (bicyclic) bond motifs is 1. The Bertz CT molecular complexity index is 1110. The maximum atomic E-state index is 12.2. The molecule has 3 rings (SSSR count). The SMILES string of the molecule is O=C(Cc1cccc2ccccc12)NNC(=S)NC(=O)c1ccccc1[N+](=O)[O-]. The van der Waals surface area contributed by atoms with E-state index in [1.807, 2.05) is 42.5 Å². The summed E-state index contributed by atoms with van der Waals surface area (Å²) in [4.78, 5) is 34.8. The third-order valence-corrected chi connectivity index (χ3v) is 4.32. The Morgan fingerprint density at radius 2 is 1.62 bits per heavy atom. The summed E-state index contributed by atoms with van der Waals surface area (Å²) in [7, 11) is 0. The normalized spacial score (nSPS) is 10.2. The van der Waals surface area contributed by atoms with E-state index in [1.54, 1.807) is 0 Å². The van der Waals surface area contributed by atoms with Crippen molar-refractivity contribution in [3.63, 3.8) is 0 Å². The summed E-state index contributed by atoms with van der Waals surface area (Å²) in [5.74, 6) is -1.11. The molecule has 0 aromatic heterocycles. The van der Waals surface area contributed by atoms with E-state index < -0.39 is 10.8 Å². The van der Waals surface area contributed by atoms with E-state index in [1.165, 1.54) is 24.3 Å². The van der Waals surface area contributed by atoms with Gasteiger partial charge in [-0.3, -0.25) is 35.9 Å². The number of hydrazine groups is 1. The second-order valence-corrected chi connectivity index (χ2v) is 6.45. The van der Waals surface area contributed by atoms with Crippen molar-refractivity contribution in [3.05, 3.63) is 88.0 Å². The summed E-state index contributed by atoms with van der Waals surface area (Å²) in [6.45, 7) is 0. The number of amides is 2. The number of nitro benzene ring substituents is 1. The number of hydrogen-bond donors (Lipinski definition) is 3. The van der Waals surface area contributed by atoms with Gasteiger partial charge in [0.05, 0.1) is 11.3 Å². The third-order valence-electron chi connectivity index (χ3n) is 4.12. The number of hydrogen-bond acceptors (Lipinski definition) is 5. The highest BCUT2D eigenvalue weighted by atomic mass is 32.1. The van der Waals surface area contributed by atoms with E-state index in [-0.39, 0.29) is 28.7 Å². The van der Waals surface area contributed by atoms with Crippen molar-refractivity contribution in [2.45, 2.75) is 6.42 Å². The Morgan fingerprint density at radius 3 is 2.41 bits per heavy atom. The van der Waals surface area contributed by atoms with Crippen LogP contribution in [0.25, 0.3) is 10.8 Å². The molecule has 0 atom stereocenters. The van der Waals surface area contributed by atoms with Crippen LogP contribution in [0.3, 0.4) is 0 Å². The van der Waals surface area contributed by atoms with Gasteiger partial charge in [-0.25, -0.2) is 0 Å². The lowest BCUT2D eigenvalue weighted by Gasteiger charge is -2.11. The highest BCUT2D eigenvalue weighted by molar-refractivity contribution is 7.80. The Labute approximate surface area is 171 Å². The number of carbonyl (C=O) groups is 2. The molecule has 0 saturated heterocycles. The minimum absolute atomic E-state index is 0.106. The molecule has 0 aliphatic carbocycles. The molecule has 0 heterocycles. The van der Waals surface area contributed by atoms with Crippen LogP contribution < -0.4 is 16.2 Å². The molecule has 3 aromatic rings. The van der Waals surface area contributed by atoms with Gasteiger partial charge in [0, 0.05) is 6.07 Å². The van der Waals surface area contributed by atoms with Crippen LogP contribution in [0, 0.1) is 10.1 Å². The smallest absolute Gasteiger partial charge is 0.282 e. The average Bonchev–Trinajstić information content (AvgIpc) is 2.72. The average molecular weight is 408 g/mol. The Hall–Kier alpha value is -3.85. The van der Waals surface area contributed by atoms with Crippen molar-refractivity contribution in [2.24, 2.45) is 0 Å². The number of benzene rings is 3. The molecule has 0 aliphatic rings. The van der Waals surface area contributed by atoms with Crippen molar-refractivity contribution in [2.75, 3.05) is 0 Å². The van der Waals surface area contributed by atoms with Gasteiger partial charge in [-0.05, 0) is 34.6 Å². The molecule has 8 nitrogen and oxygen atoms in total. The quantitative estimate of drug-likeness (QED) is 0.347. The molecular formula is C20H16N4O4S. The maximum Gasteiger partial charge on any atom is 0.282 e. The lowest BCUT2D eigenvalue weighted by molar-refractivity contribution is -0.385. The molecule has 0 radical (unpaired) electrons. The summed E-state index contributed by atoms with van der Waals surface area (Å²) < 4.78 is 0. The zero-order valence-corrected chi connectivity index (χ0v) is 15.9. The molecule has 0 bridgehead atoms. The third kappa shape index (κ3) is 4.90. The molecule has 0 unspecified atom stereocenters. The van der Waals surface area contributed by atoms with Gasteiger partial charge >= 0.3 is 0 Å². The van der Waals surface area contributed by atoms with Crippen LogP contribution in [0.2, 0.25) is 0 Å². The van der Waals surface area contributed by atoms with Gasteiger partial charge in [-0.1, -0.05) is 54.6 Å². The summed E-state index contributed by atoms with van der Waals surface area (Å²) in [6, 6.07) is 18.9. The zero-order chi connectivity index (χ0) is 20.8. The number of para-hydroxylation sites is 1. The lowest BCUT2D eigenvalue weighted by atomic mass is 10.0. The molecule has 0 saturated carbocycles. The second kappa shape index (κ2) is 8.89. The largest absolute Gasteiger partial charge is 0.297 e. The fourth-order valence-corrected chi connectivity index (χ4v) is 2.96. The first-order valence-electron chi connectivity index (χ1n) is 8.56. The van der Waals surface area contributed by atoms with Crippen LogP contribution in [0.15, 0.2) is 66.7 Å². The number of carbonyl (C=O) groups excluding carboxylic acids is 2. The summed E-state index contributed by atoms with van der Waals surface area (Å²) in [6.07, 6.45) is 0.106. The standard InChI is InChI=1S/C20H16N4O4S/c25-18(12-14-8-5-7-13-6-1-2-9-15(13)14)22-23-20(29)21-19(26)16-10-3-4-11-17(16)24(27)28/h1-11H,12H2,(H,22,25)(H2,21,23,26,29). The summed E-state index contributed by atoms with van der Waals surface area (Å²) >= 11 is 4.97. The topological polar surface area (TPSA) is 113 Å². The Morgan fingerprint density at radius 1 is 0.931 bits per heavy atom. The van der Waals surface area contributed by atoms with E-state index >= 15 is 0 Å². The minimum Gasteiger partial charge on any atom is -0.297 e. The van der Waals surface area contributed by atoms with Crippen molar-refractivity contribution in [3.8, 4) is 0 Å². The van der Waals surface area contributed by atoms with E-state index in [4.69, 9.17) is 12.2 Å². The van der Waals surface area contributed by atoms with Crippen LogP contribution >= 0.6 is 12.2 Å². The van der Waals surface area contributed by atoms with Crippen LogP contribution in [0.5, 0.6) is 0 Å². The Kier molecular flexibility index (Phi) is 6.10. The first-order valence-corrected chi connectivity index (χ1v) is 8.97. The van der Waals surface area contributed by atoms with Crippen LogP contribution in [0.1, 0.15) is 15.9 Å². The predicted molar refractivity (Wildman–Crippen MR) is 112 cm³/mol. The number of nitrogens with zero attached hydrogens (tertiary/aromatic N) is 1. The van der Waals surface area contributed by atoms with Gasteiger partial charge in [0.2, 0.25) is 5.91 Å². The van der Waals surface area contributed by atoms with Crippen molar-refractivity contribution in [1.29, 1.82) is 0 Å². The highest BCUT2D eigenvalue weighted by Gasteiger charge is 2.20. The lowest BCUT2D eigenvalue weighted by Crippen LogP contribution is -2.49. The Balaban J connectivity index is 1.57. The zero-order valence-electron chi connectivity index (χ0n) is 15.0. The first kappa shape index (κ1) is 19.9. The van der Waals surface area contributed by atoms with Crippen molar-refractivity contribution < 1.29 is 14.5 Å². The summed E-state index contributed by atoms with van der Waals surface area (Å²) in [5, 5.41) is 15.1. The molecule has 9 heteroatoms. The van der Waals surface area contributed by atoms with E-state index in [2.05, 4.69) is 16.2 Å². The molecule has 146 valence electrons. The molecule has 3 N–H and O–H groups in total. The summed E-state index contributed by atoms with van der Waals surface area (Å²) in [5.41, 5.74) is 5.21. The van der Waals surface area contributed by atoms with Crippen LogP contribution in [0.4, 0.5) is 5.69 Å². The van der Waals surface area contributed by atoms with Crippen LogP contribution in [-0.4, -0.2) is 21.9 Å². The number of nitrogens with one attached hydrogen (secondary N) is 3. The second-order valence-electron chi connectivity index (χ2n) is 6.05. The molecule has 3 aromatic carbocycles. The van der Waals surface area contributed by atoms with Gasteiger partial charge in [0.15, 0.2) is 5.11 Å². The predicted octanol–water partition coefficient (Wildman–Crippen LogP) is 2.63. The molecule has 2 amide bonds. The van der Waals surface area contributed by atoms with Gasteiger partial charge in [0.25, 0.3) is 11.6 Å². The van der Waals surface area contributed by atoms with Gasteiger partial charge in [-0.15, -0.1) is 0 Å². The molecule has 0 aliphatic heterocycles. The fraction of sp³-hybridized carbons (Fsp3) is 0.0500. The number of thiocarbonyl (C=S) groups is 1. The van der Waals surface area contributed by atoms with Crippen LogP contribution in [-0.2, 0) is 11.2 Å². The number of rotatable bonds is 4. The monoisotopic (exact) mass is 408 g/mol. The van der Waals surface area contributed by atoms with E-state index in [0.29, 0.717) is 0 Å². The molecular weight excluding hydrogens is 392 g/mol. The van der Waals surface area contributed by atoms with Crippen molar-refractivity contribution in [1.82, 2.24) is 16.2 Å². The highest BCUT2D eigenvalue weighted by Crippen LogP contribution is 2.19. The minimum atomic E-state index is -0.752. The van der Waals surface area contributed by atoms with Crippen molar-refractivity contribution >= 4 is 45.6 Å². The van der Waals surface area contributed by atoms with E-state index in [9.17, 15) is 19.7 Å². The first-order chi connectivity index (χ1) is 14.0. The van der Waals surface area contributed by atoms with Gasteiger partial charge < -0.3 is 0 Å². The maximum absolute atomic E-state index is 12.2. The fourth-order valence-electron chi connectivity index (χ4n) is 2.82. The number of nitro groups is 1. The van der Waals surface area contributed by atoms with Gasteiger partial charge in [0.1, 0.15) is 5.56 Å². The van der Waals surface area contributed by atoms with Gasteiger partial charge in [-0.2, -0.15) is 0 Å². The molecule has 29 heavy (non-hydrogen) atoms. The molecule has 0 spiro atoms. The van der Waals surface area contributed by atoms with E-state index in [0.717, 1.165) is 16.3 Å².